The zero-order chi connectivity index (χ0) is 14.7. The van der Waals surface area contributed by atoms with Crippen LogP contribution in [0.4, 0.5) is 4.39 Å². The number of ether oxygens (including phenoxy) is 1. The minimum absolute atomic E-state index is 0.0652. The van der Waals surface area contributed by atoms with Gasteiger partial charge in [-0.05, 0) is 17.7 Å². The summed E-state index contributed by atoms with van der Waals surface area (Å²) in [4.78, 5) is 11.8. The van der Waals surface area contributed by atoms with Crippen molar-refractivity contribution < 1.29 is 9.13 Å². The first kappa shape index (κ1) is 14.1. The smallest absolute Gasteiger partial charge is 0.267 e. The fraction of sp³-hybridized carbons (Fsp3) is 0.154. The Morgan fingerprint density at radius 2 is 2.20 bits per heavy atom. The fourth-order valence-electron chi connectivity index (χ4n) is 1.73. The third-order valence-electron chi connectivity index (χ3n) is 2.71. The highest BCUT2D eigenvalue weighted by Crippen LogP contribution is 2.13. The van der Waals surface area contributed by atoms with Gasteiger partial charge in [-0.25, -0.2) is 9.07 Å². The third-order valence-corrected chi connectivity index (χ3v) is 2.93. The van der Waals surface area contributed by atoms with Crippen molar-refractivity contribution in [3.8, 4) is 5.88 Å². The van der Waals surface area contributed by atoms with Crippen LogP contribution in [0.5, 0.6) is 5.88 Å². The Bertz CT molecular complexity index is 715. The van der Waals surface area contributed by atoms with Gasteiger partial charge in [0.15, 0.2) is 0 Å². The van der Waals surface area contributed by atoms with Crippen LogP contribution in [0.3, 0.4) is 0 Å². The first-order valence-corrected chi connectivity index (χ1v) is 6.12. The second-order valence-electron chi connectivity index (χ2n) is 4.04. The molecule has 7 heteroatoms. The molecule has 0 aliphatic carbocycles. The lowest BCUT2D eigenvalue weighted by Gasteiger charge is -2.10. The molecular weight excluding hydrogens is 281 g/mol. The largest absolute Gasteiger partial charge is 0.480 e. The van der Waals surface area contributed by atoms with Crippen LogP contribution < -0.4 is 16.0 Å². The Morgan fingerprint density at radius 1 is 1.45 bits per heavy atom. The van der Waals surface area contributed by atoms with Crippen molar-refractivity contribution >= 4 is 17.2 Å². The third kappa shape index (κ3) is 3.00. The highest BCUT2D eigenvalue weighted by molar-refractivity contribution is 7.80. The molecule has 0 spiro atoms. The summed E-state index contributed by atoms with van der Waals surface area (Å²) >= 11 is 4.89. The molecule has 0 bridgehead atoms. The second kappa shape index (κ2) is 5.79. The van der Waals surface area contributed by atoms with Crippen LogP contribution in [-0.4, -0.2) is 21.9 Å². The number of hydrogen-bond donors (Lipinski definition) is 1. The van der Waals surface area contributed by atoms with Crippen LogP contribution in [0, 0.1) is 5.82 Å². The van der Waals surface area contributed by atoms with Gasteiger partial charge in [0.1, 0.15) is 10.8 Å². The number of nitrogens with two attached hydrogens (primary N) is 1. The van der Waals surface area contributed by atoms with E-state index < -0.39 is 5.82 Å². The SMILES string of the molecule is COc1ccc(=O)n(Cc2ccc(F)cc2C(N)=S)n1. The molecule has 2 aromatic rings. The molecule has 0 saturated heterocycles. The molecule has 0 aliphatic rings. The first-order chi connectivity index (χ1) is 9.51. The Hall–Kier alpha value is -2.28. The minimum Gasteiger partial charge on any atom is -0.480 e. The maximum atomic E-state index is 13.2. The van der Waals surface area contributed by atoms with Gasteiger partial charge in [-0.3, -0.25) is 4.79 Å². The van der Waals surface area contributed by atoms with E-state index in [2.05, 4.69) is 5.10 Å². The number of rotatable bonds is 4. The summed E-state index contributed by atoms with van der Waals surface area (Å²) in [6, 6.07) is 6.86. The van der Waals surface area contributed by atoms with Gasteiger partial charge < -0.3 is 10.5 Å². The quantitative estimate of drug-likeness (QED) is 0.854. The second-order valence-corrected chi connectivity index (χ2v) is 4.48. The molecule has 0 aliphatic heterocycles. The fourth-order valence-corrected chi connectivity index (χ4v) is 1.92. The van der Waals surface area contributed by atoms with Crippen LogP contribution in [0.25, 0.3) is 0 Å². The van der Waals surface area contributed by atoms with E-state index >= 15 is 0 Å². The molecule has 0 atom stereocenters. The summed E-state index contributed by atoms with van der Waals surface area (Å²) < 4.78 is 19.4. The zero-order valence-corrected chi connectivity index (χ0v) is 11.5. The normalized spacial score (nSPS) is 10.3. The average Bonchev–Trinajstić information content (AvgIpc) is 2.42. The Labute approximate surface area is 119 Å². The van der Waals surface area contributed by atoms with Crippen molar-refractivity contribution in [2.24, 2.45) is 5.73 Å². The summed E-state index contributed by atoms with van der Waals surface area (Å²) in [7, 11) is 1.45. The van der Waals surface area contributed by atoms with Gasteiger partial charge >= 0.3 is 0 Å². The van der Waals surface area contributed by atoms with Crippen LogP contribution in [0.15, 0.2) is 35.1 Å². The molecule has 0 saturated carbocycles. The summed E-state index contributed by atoms with van der Waals surface area (Å²) in [5, 5.41) is 4.01. The number of nitrogens with zero attached hydrogens (tertiary/aromatic N) is 2. The molecule has 0 radical (unpaired) electrons. The van der Waals surface area contributed by atoms with Crippen molar-refractivity contribution in [2.75, 3.05) is 7.11 Å². The molecule has 2 rings (SSSR count). The minimum atomic E-state index is -0.442. The number of aromatic nitrogens is 2. The summed E-state index contributed by atoms with van der Waals surface area (Å²) in [6.07, 6.45) is 0. The van der Waals surface area contributed by atoms with Crippen molar-refractivity contribution in [3.63, 3.8) is 0 Å². The number of thiocarbonyl (C=S) groups is 1. The lowest BCUT2D eigenvalue weighted by atomic mass is 10.1. The van der Waals surface area contributed by atoms with E-state index in [1.165, 1.54) is 42.1 Å². The van der Waals surface area contributed by atoms with Gasteiger partial charge in [0.05, 0.1) is 13.7 Å². The highest BCUT2D eigenvalue weighted by atomic mass is 32.1. The van der Waals surface area contributed by atoms with E-state index in [1.807, 2.05) is 0 Å². The van der Waals surface area contributed by atoms with E-state index in [4.69, 9.17) is 22.7 Å². The molecule has 20 heavy (non-hydrogen) atoms. The van der Waals surface area contributed by atoms with Crippen LogP contribution in [0.2, 0.25) is 0 Å². The predicted octanol–water partition coefficient (Wildman–Crippen LogP) is 1.07. The summed E-state index contributed by atoms with van der Waals surface area (Å²) in [6.45, 7) is 0.128. The molecule has 2 N–H and O–H groups in total. The van der Waals surface area contributed by atoms with Gasteiger partial charge in [-0.1, -0.05) is 18.3 Å². The van der Waals surface area contributed by atoms with Crippen LogP contribution in [-0.2, 0) is 6.54 Å². The molecule has 0 unspecified atom stereocenters. The average molecular weight is 293 g/mol. The van der Waals surface area contributed by atoms with Crippen LogP contribution >= 0.6 is 12.2 Å². The predicted molar refractivity (Wildman–Crippen MR) is 76.4 cm³/mol. The standard InChI is InChI=1S/C13H12FN3O2S/c1-19-11-4-5-12(18)17(16-11)7-8-2-3-9(14)6-10(8)13(15)20/h2-6H,7H2,1H3,(H2,15,20). The van der Waals surface area contributed by atoms with Gasteiger partial charge in [-0.15, -0.1) is 5.10 Å². The van der Waals surface area contributed by atoms with Crippen molar-refractivity contribution in [1.29, 1.82) is 0 Å². The topological polar surface area (TPSA) is 70.1 Å². The van der Waals surface area contributed by atoms with E-state index in [9.17, 15) is 9.18 Å². The lowest BCUT2D eigenvalue weighted by Crippen LogP contribution is -2.24. The Balaban J connectivity index is 2.44. The van der Waals surface area contributed by atoms with E-state index in [0.717, 1.165) is 0 Å². The number of halogens is 1. The molecule has 5 nitrogen and oxygen atoms in total. The van der Waals surface area contributed by atoms with E-state index in [0.29, 0.717) is 17.0 Å². The molecule has 1 heterocycles. The molecule has 1 aromatic heterocycles. The van der Waals surface area contributed by atoms with Gasteiger partial charge in [0, 0.05) is 17.7 Å². The molecule has 1 aromatic carbocycles. The molecule has 0 fully saturated rings. The summed E-state index contributed by atoms with van der Waals surface area (Å²) in [5.41, 5.74) is 6.26. The molecular formula is C13H12FN3O2S. The molecule has 0 amide bonds. The molecule has 104 valence electrons. The monoisotopic (exact) mass is 293 g/mol. The number of methoxy groups -OCH3 is 1. The van der Waals surface area contributed by atoms with E-state index in [-0.39, 0.29) is 17.1 Å². The number of hydrogen-bond acceptors (Lipinski definition) is 4. The van der Waals surface area contributed by atoms with Crippen molar-refractivity contribution in [3.05, 3.63) is 57.6 Å². The van der Waals surface area contributed by atoms with Crippen LogP contribution in [0.1, 0.15) is 11.1 Å². The van der Waals surface area contributed by atoms with Gasteiger partial charge in [0.25, 0.3) is 5.56 Å². The zero-order valence-electron chi connectivity index (χ0n) is 10.7. The van der Waals surface area contributed by atoms with Crippen molar-refractivity contribution in [2.45, 2.75) is 6.54 Å². The number of benzene rings is 1. The van der Waals surface area contributed by atoms with E-state index in [1.54, 1.807) is 0 Å². The summed E-state index contributed by atoms with van der Waals surface area (Å²) in [5.74, 6) is -0.133. The maximum absolute atomic E-state index is 13.2. The maximum Gasteiger partial charge on any atom is 0.267 e. The van der Waals surface area contributed by atoms with Gasteiger partial charge in [-0.2, -0.15) is 0 Å². The highest BCUT2D eigenvalue weighted by Gasteiger charge is 2.09. The Morgan fingerprint density at radius 3 is 2.85 bits per heavy atom. The Kier molecular flexibility index (Phi) is 4.09. The van der Waals surface area contributed by atoms with Crippen molar-refractivity contribution in [1.82, 2.24) is 9.78 Å². The van der Waals surface area contributed by atoms with Gasteiger partial charge in [0.2, 0.25) is 5.88 Å². The first-order valence-electron chi connectivity index (χ1n) is 5.71. The lowest BCUT2D eigenvalue weighted by molar-refractivity contribution is 0.379.